The van der Waals surface area contributed by atoms with Gasteiger partial charge in [-0.1, -0.05) is 42.5 Å². The molecule has 0 atom stereocenters. The van der Waals surface area contributed by atoms with E-state index in [4.69, 9.17) is 5.26 Å². The minimum absolute atomic E-state index is 0.669. The molecule has 3 heteroatoms. The van der Waals surface area contributed by atoms with Gasteiger partial charge in [0.2, 0.25) is 0 Å². The van der Waals surface area contributed by atoms with Crippen LogP contribution in [-0.2, 0) is 0 Å². The van der Waals surface area contributed by atoms with Crippen molar-refractivity contribution in [3.05, 3.63) is 78.4 Å². The van der Waals surface area contributed by atoms with E-state index in [0.717, 1.165) is 33.5 Å². The number of imidazole rings is 1. The van der Waals surface area contributed by atoms with Crippen LogP contribution in [0.15, 0.2) is 72.8 Å². The van der Waals surface area contributed by atoms with Gasteiger partial charge in [0, 0.05) is 5.56 Å². The lowest BCUT2D eigenvalue weighted by atomic mass is 10.0. The third-order valence-electron chi connectivity index (χ3n) is 3.87. The summed E-state index contributed by atoms with van der Waals surface area (Å²) in [5.41, 5.74) is 5.90. The number of hydrogen-bond donors (Lipinski definition) is 1. The highest BCUT2D eigenvalue weighted by atomic mass is 14.9. The van der Waals surface area contributed by atoms with E-state index in [0.29, 0.717) is 5.56 Å². The molecule has 1 aromatic heterocycles. The Balaban J connectivity index is 1.77. The number of para-hydroxylation sites is 2. The van der Waals surface area contributed by atoms with Crippen LogP contribution in [0.1, 0.15) is 5.56 Å². The fourth-order valence-corrected chi connectivity index (χ4v) is 2.67. The van der Waals surface area contributed by atoms with Crippen molar-refractivity contribution < 1.29 is 0 Å². The monoisotopic (exact) mass is 295 g/mol. The van der Waals surface area contributed by atoms with Gasteiger partial charge in [0.1, 0.15) is 5.82 Å². The lowest BCUT2D eigenvalue weighted by Crippen LogP contribution is -1.83. The van der Waals surface area contributed by atoms with E-state index < -0.39 is 0 Å². The molecule has 0 fully saturated rings. The molecule has 0 spiro atoms. The molecule has 0 amide bonds. The van der Waals surface area contributed by atoms with E-state index in [2.05, 4.69) is 28.2 Å². The molecule has 108 valence electrons. The van der Waals surface area contributed by atoms with E-state index in [1.807, 2.05) is 60.7 Å². The molecule has 1 N–H and O–H groups in total. The maximum absolute atomic E-state index is 8.90. The topological polar surface area (TPSA) is 52.5 Å². The van der Waals surface area contributed by atoms with Crippen LogP contribution < -0.4 is 0 Å². The van der Waals surface area contributed by atoms with E-state index in [1.165, 1.54) is 0 Å². The number of hydrogen-bond acceptors (Lipinski definition) is 2. The molecule has 4 aromatic rings. The Morgan fingerprint density at radius 3 is 2.35 bits per heavy atom. The van der Waals surface area contributed by atoms with Crippen molar-refractivity contribution in [1.82, 2.24) is 9.97 Å². The van der Waals surface area contributed by atoms with Crippen LogP contribution in [0.25, 0.3) is 33.5 Å². The molecule has 0 unspecified atom stereocenters. The number of fused-ring (bicyclic) bond motifs is 1. The summed E-state index contributed by atoms with van der Waals surface area (Å²) >= 11 is 0. The first kappa shape index (κ1) is 13.3. The van der Waals surface area contributed by atoms with Gasteiger partial charge in [-0.15, -0.1) is 0 Å². The number of aromatic nitrogens is 2. The zero-order valence-corrected chi connectivity index (χ0v) is 12.3. The molecule has 0 aliphatic heterocycles. The van der Waals surface area contributed by atoms with Crippen LogP contribution in [0.2, 0.25) is 0 Å². The molecule has 1 heterocycles. The largest absolute Gasteiger partial charge is 0.338 e. The van der Waals surface area contributed by atoms with Crippen molar-refractivity contribution in [3.8, 4) is 28.6 Å². The Hall–Kier alpha value is -3.38. The van der Waals surface area contributed by atoms with Crippen LogP contribution in [0, 0.1) is 11.3 Å². The summed E-state index contributed by atoms with van der Waals surface area (Å²) < 4.78 is 0. The third kappa shape index (κ3) is 2.47. The van der Waals surface area contributed by atoms with Crippen molar-refractivity contribution in [2.45, 2.75) is 0 Å². The first-order valence-electron chi connectivity index (χ1n) is 7.39. The van der Waals surface area contributed by atoms with Crippen LogP contribution in [0.4, 0.5) is 0 Å². The molecule has 23 heavy (non-hydrogen) atoms. The Kier molecular flexibility index (Phi) is 3.14. The lowest BCUT2D eigenvalue weighted by Gasteiger charge is -2.04. The summed E-state index contributed by atoms with van der Waals surface area (Å²) in [4.78, 5) is 8.00. The van der Waals surface area contributed by atoms with E-state index in [9.17, 15) is 0 Å². The summed E-state index contributed by atoms with van der Waals surface area (Å²) in [5.74, 6) is 0.863. The first-order chi connectivity index (χ1) is 11.3. The summed E-state index contributed by atoms with van der Waals surface area (Å²) in [5, 5.41) is 8.90. The van der Waals surface area contributed by atoms with Crippen molar-refractivity contribution in [1.29, 1.82) is 5.26 Å². The minimum Gasteiger partial charge on any atom is -0.338 e. The second kappa shape index (κ2) is 5.43. The molecule has 3 aromatic carbocycles. The summed E-state index contributed by atoms with van der Waals surface area (Å²) in [6.07, 6.45) is 0. The summed E-state index contributed by atoms with van der Waals surface area (Å²) in [6.45, 7) is 0. The van der Waals surface area contributed by atoms with Gasteiger partial charge in [-0.2, -0.15) is 5.26 Å². The Bertz CT molecular complexity index is 988. The Morgan fingerprint density at radius 1 is 0.783 bits per heavy atom. The lowest BCUT2D eigenvalue weighted by molar-refractivity contribution is 1.34. The third-order valence-corrected chi connectivity index (χ3v) is 3.87. The number of aromatic amines is 1. The number of nitriles is 1. The second-order valence-corrected chi connectivity index (χ2v) is 5.37. The maximum atomic E-state index is 8.90. The van der Waals surface area contributed by atoms with Crippen molar-refractivity contribution >= 4 is 11.0 Å². The van der Waals surface area contributed by atoms with Crippen LogP contribution in [0.3, 0.4) is 0 Å². The number of nitrogens with one attached hydrogen (secondary N) is 1. The number of rotatable bonds is 2. The highest BCUT2D eigenvalue weighted by molar-refractivity contribution is 5.80. The zero-order chi connectivity index (χ0) is 15.6. The maximum Gasteiger partial charge on any atom is 0.138 e. The van der Waals surface area contributed by atoms with Gasteiger partial charge in [-0.05, 0) is 41.5 Å². The predicted octanol–water partition coefficient (Wildman–Crippen LogP) is 4.77. The Labute approximate surface area is 133 Å². The van der Waals surface area contributed by atoms with Gasteiger partial charge in [0.15, 0.2) is 0 Å². The van der Waals surface area contributed by atoms with Gasteiger partial charge < -0.3 is 4.98 Å². The molecule has 0 aliphatic carbocycles. The van der Waals surface area contributed by atoms with E-state index in [-0.39, 0.29) is 0 Å². The van der Waals surface area contributed by atoms with Gasteiger partial charge in [0.25, 0.3) is 0 Å². The van der Waals surface area contributed by atoms with Crippen molar-refractivity contribution in [3.63, 3.8) is 0 Å². The van der Waals surface area contributed by atoms with Gasteiger partial charge in [-0.25, -0.2) is 4.98 Å². The Morgan fingerprint density at radius 2 is 1.57 bits per heavy atom. The summed E-state index contributed by atoms with van der Waals surface area (Å²) in [7, 11) is 0. The molecule has 0 saturated heterocycles. The molecule has 0 aliphatic rings. The molecular weight excluding hydrogens is 282 g/mol. The predicted molar refractivity (Wildman–Crippen MR) is 91.7 cm³/mol. The van der Waals surface area contributed by atoms with Gasteiger partial charge in [-0.3, -0.25) is 0 Å². The quantitative estimate of drug-likeness (QED) is 0.579. The fraction of sp³-hybridized carbons (Fsp3) is 0. The summed E-state index contributed by atoms with van der Waals surface area (Å²) in [6, 6.07) is 26.0. The average molecular weight is 295 g/mol. The normalized spacial score (nSPS) is 10.6. The highest BCUT2D eigenvalue weighted by Crippen LogP contribution is 2.26. The SMILES string of the molecule is N#Cc1ccc(-c2cccc(-c3nc4ccccc4[nH]3)c2)cc1. The molecular formula is C20H13N3. The second-order valence-electron chi connectivity index (χ2n) is 5.37. The smallest absolute Gasteiger partial charge is 0.138 e. The molecule has 0 radical (unpaired) electrons. The fourth-order valence-electron chi connectivity index (χ4n) is 2.67. The number of H-pyrrole nitrogens is 1. The number of nitrogens with zero attached hydrogens (tertiary/aromatic N) is 2. The van der Waals surface area contributed by atoms with E-state index in [1.54, 1.807) is 0 Å². The van der Waals surface area contributed by atoms with Crippen LogP contribution >= 0.6 is 0 Å². The number of benzene rings is 3. The van der Waals surface area contributed by atoms with Crippen molar-refractivity contribution in [2.75, 3.05) is 0 Å². The molecule has 0 bridgehead atoms. The highest BCUT2D eigenvalue weighted by Gasteiger charge is 2.06. The van der Waals surface area contributed by atoms with Gasteiger partial charge in [0.05, 0.1) is 22.7 Å². The van der Waals surface area contributed by atoms with Gasteiger partial charge >= 0.3 is 0 Å². The molecule has 0 saturated carbocycles. The first-order valence-corrected chi connectivity index (χ1v) is 7.39. The standard InChI is InChI=1S/C20H13N3/c21-13-14-8-10-15(11-9-14)16-4-3-5-17(12-16)20-22-18-6-1-2-7-19(18)23-20/h1-12H,(H,22,23). The minimum atomic E-state index is 0.669. The van der Waals surface area contributed by atoms with Crippen molar-refractivity contribution in [2.24, 2.45) is 0 Å². The van der Waals surface area contributed by atoms with Crippen LogP contribution in [0.5, 0.6) is 0 Å². The van der Waals surface area contributed by atoms with Crippen LogP contribution in [-0.4, -0.2) is 9.97 Å². The molecule has 3 nitrogen and oxygen atoms in total. The van der Waals surface area contributed by atoms with E-state index >= 15 is 0 Å². The average Bonchev–Trinajstić information content (AvgIpc) is 3.06. The zero-order valence-electron chi connectivity index (χ0n) is 12.3. The molecule has 4 rings (SSSR count).